The van der Waals surface area contributed by atoms with Crippen LogP contribution >= 0.6 is 11.8 Å². The summed E-state index contributed by atoms with van der Waals surface area (Å²) >= 11 is 1.89. The number of aliphatic carboxylic acids is 1. The molecule has 4 rings (SSSR count). The molecule has 0 radical (unpaired) electrons. The Morgan fingerprint density at radius 2 is 2.00 bits per heavy atom. The molecule has 35 heavy (non-hydrogen) atoms. The average Bonchev–Trinajstić information content (AvgIpc) is 3.36. The van der Waals surface area contributed by atoms with E-state index in [-0.39, 0.29) is 20.9 Å². The first kappa shape index (κ1) is 25.4. The van der Waals surface area contributed by atoms with Crippen molar-refractivity contribution in [3.63, 3.8) is 0 Å². The van der Waals surface area contributed by atoms with Crippen molar-refractivity contribution in [1.29, 1.82) is 0 Å². The van der Waals surface area contributed by atoms with E-state index in [1.54, 1.807) is 26.0 Å². The second-order valence-corrected chi connectivity index (χ2v) is 11.6. The van der Waals surface area contributed by atoms with E-state index in [0.717, 1.165) is 45.6 Å². The molecule has 1 aliphatic heterocycles. The number of carboxylic acids is 1. The molecular weight excluding hydrogens is 527 g/mol. The molecule has 0 aliphatic carbocycles. The summed E-state index contributed by atoms with van der Waals surface area (Å²) in [6, 6.07) is 10.5. The number of fused-ring (bicyclic) bond motifs is 2. The van der Waals surface area contributed by atoms with Gasteiger partial charge in [-0.3, -0.25) is 0 Å². The summed E-state index contributed by atoms with van der Waals surface area (Å²) in [6.45, 7) is 7.68. The Labute approximate surface area is 216 Å². The third-order valence-electron chi connectivity index (χ3n) is 6.08. The molecule has 2 aromatic carbocycles. The Hall–Kier alpha value is -2.67. The van der Waals surface area contributed by atoms with Gasteiger partial charge in [0.05, 0.1) is 0 Å². The van der Waals surface area contributed by atoms with E-state index in [1.165, 1.54) is 19.9 Å². The van der Waals surface area contributed by atoms with Crippen LogP contribution in [0, 0.1) is 6.92 Å². The van der Waals surface area contributed by atoms with Gasteiger partial charge in [0, 0.05) is 0 Å². The van der Waals surface area contributed by atoms with Crippen LogP contribution in [0.5, 0.6) is 11.5 Å². The van der Waals surface area contributed by atoms with Crippen LogP contribution in [0.15, 0.2) is 51.9 Å². The van der Waals surface area contributed by atoms with Gasteiger partial charge in [-0.25, -0.2) is 0 Å². The van der Waals surface area contributed by atoms with Crippen molar-refractivity contribution in [2.24, 2.45) is 0 Å². The van der Waals surface area contributed by atoms with Crippen LogP contribution in [0.1, 0.15) is 36.8 Å². The Morgan fingerprint density at radius 3 is 2.66 bits per heavy atom. The summed E-state index contributed by atoms with van der Waals surface area (Å²) in [7, 11) is 3.38. The van der Waals surface area contributed by atoms with Crippen molar-refractivity contribution < 1.29 is 23.9 Å². The van der Waals surface area contributed by atoms with Crippen LogP contribution in [-0.2, 0) is 11.3 Å². The topological polar surface area (TPSA) is 62.9 Å². The Balaban J connectivity index is 1.75. The van der Waals surface area contributed by atoms with Crippen molar-refractivity contribution in [2.45, 2.75) is 45.1 Å². The van der Waals surface area contributed by atoms with Gasteiger partial charge in [0.15, 0.2) is 0 Å². The predicted octanol–water partition coefficient (Wildman–Crippen LogP) is 5.25. The molecule has 6 nitrogen and oxygen atoms in total. The van der Waals surface area contributed by atoms with Crippen LogP contribution in [0.25, 0.3) is 15.9 Å². The van der Waals surface area contributed by atoms with E-state index in [2.05, 4.69) is 59.7 Å². The van der Waals surface area contributed by atoms with Gasteiger partial charge in [-0.2, -0.15) is 0 Å². The molecule has 2 heterocycles. The maximum absolute atomic E-state index is 11.4. The molecule has 0 amide bonds. The van der Waals surface area contributed by atoms with E-state index >= 15 is 0 Å². The molecule has 0 saturated heterocycles. The number of carbonyl (C=O) groups is 1. The number of rotatable bonds is 9. The average molecular weight is 559 g/mol. The summed E-state index contributed by atoms with van der Waals surface area (Å²) in [5.41, 5.74) is 4.54. The summed E-state index contributed by atoms with van der Waals surface area (Å²) < 4.78 is 16.0. The first-order valence-corrected chi connectivity index (χ1v) is 14.2. The van der Waals surface area contributed by atoms with E-state index in [1.807, 2.05) is 13.0 Å². The number of hydrogen-bond donors (Lipinski definition) is 1. The Bertz CT molecular complexity index is 1330. The minimum atomic E-state index is -0.796. The van der Waals surface area contributed by atoms with Crippen molar-refractivity contribution >= 4 is 53.8 Å². The zero-order valence-corrected chi connectivity index (χ0v) is 23.3. The third-order valence-corrected chi connectivity index (χ3v) is 9.51. The number of methoxy groups -OCH3 is 2. The number of hydrogen-bond acceptors (Lipinski definition) is 5. The van der Waals surface area contributed by atoms with E-state index in [9.17, 15) is 9.90 Å². The molecule has 0 fully saturated rings. The molecular formula is C27H31N2O4SSe+. The van der Waals surface area contributed by atoms with Gasteiger partial charge in [-0.1, -0.05) is 0 Å². The molecule has 0 unspecified atom stereocenters. The van der Waals surface area contributed by atoms with Crippen molar-refractivity contribution in [1.82, 2.24) is 0 Å². The predicted molar refractivity (Wildman–Crippen MR) is 143 cm³/mol. The first-order valence-electron chi connectivity index (χ1n) is 11.7. The van der Waals surface area contributed by atoms with Gasteiger partial charge in [-0.05, 0) is 0 Å². The van der Waals surface area contributed by atoms with Crippen LogP contribution < -0.4 is 18.9 Å². The number of allylic oxidation sites excluding steroid dienone is 2. The number of thioether (sulfide) groups is 1. The zero-order valence-electron chi connectivity index (χ0n) is 20.8. The summed E-state index contributed by atoms with van der Waals surface area (Å²) in [4.78, 5) is 14.6. The number of aryl methyl sites for hydroxylation is 2. The molecule has 1 aromatic heterocycles. The maximum atomic E-state index is 11.4. The number of anilines is 1. The van der Waals surface area contributed by atoms with Gasteiger partial charge in [-0.15, -0.1) is 0 Å². The van der Waals surface area contributed by atoms with Gasteiger partial charge in [0.2, 0.25) is 0 Å². The summed E-state index contributed by atoms with van der Waals surface area (Å²) in [6.07, 6.45) is 5.49. The van der Waals surface area contributed by atoms with Gasteiger partial charge < -0.3 is 0 Å². The second-order valence-electron chi connectivity index (χ2n) is 8.26. The normalized spacial score (nSPS) is 14.6. The number of aromatic nitrogens is 1. The molecule has 3 aromatic rings. The molecule has 0 spiro atoms. The minimum absolute atomic E-state index is 0.0782. The van der Waals surface area contributed by atoms with Crippen LogP contribution in [0.2, 0.25) is 0 Å². The van der Waals surface area contributed by atoms with Gasteiger partial charge >= 0.3 is 217 Å². The number of benzene rings is 2. The fourth-order valence-corrected chi connectivity index (χ4v) is 7.86. The Kier molecular flexibility index (Phi) is 7.95. The molecule has 1 aliphatic rings. The molecule has 0 bridgehead atoms. The molecule has 0 atom stereocenters. The first-order chi connectivity index (χ1) is 16.9. The number of carboxylic acid groups (broad SMARTS) is 1. The van der Waals surface area contributed by atoms with E-state index < -0.39 is 5.97 Å². The monoisotopic (exact) mass is 559 g/mol. The van der Waals surface area contributed by atoms with Crippen LogP contribution in [0.4, 0.5) is 5.69 Å². The van der Waals surface area contributed by atoms with Gasteiger partial charge in [0.1, 0.15) is 0 Å². The number of nitrogens with zero attached hydrogens (tertiary/aromatic N) is 2. The van der Waals surface area contributed by atoms with Gasteiger partial charge in [0.25, 0.3) is 0 Å². The molecule has 1 N–H and O–H groups in total. The molecule has 0 saturated carbocycles. The number of ether oxygens (including phenoxy) is 2. The van der Waals surface area contributed by atoms with Crippen molar-refractivity contribution in [3.05, 3.63) is 57.1 Å². The molecule has 184 valence electrons. The fraction of sp³-hybridized carbons (Fsp3) is 0.333. The van der Waals surface area contributed by atoms with E-state index in [0.29, 0.717) is 6.54 Å². The van der Waals surface area contributed by atoms with Crippen LogP contribution in [0.3, 0.4) is 0 Å². The quantitative estimate of drug-likeness (QED) is 0.286. The standard InChI is InChI=1S/C27H30N2O4SSe/c1-6-18(14-26-28(7-2)21-15-19(32-4)8-9-24(21)35-26)13-25-29(11-10-27(30)31)20-12-17(3)22(33-5)16-23(20)34-25/h8-9,12-16H,6-7,10-11H2,1-5H3/p+1. The Morgan fingerprint density at radius 1 is 1.20 bits per heavy atom. The van der Waals surface area contributed by atoms with Crippen molar-refractivity contribution in [2.75, 3.05) is 25.7 Å². The molecule has 8 heteroatoms. The second kappa shape index (κ2) is 10.9. The third kappa shape index (κ3) is 5.30. The summed E-state index contributed by atoms with van der Waals surface area (Å²) in [5, 5.41) is 10.4. The van der Waals surface area contributed by atoms with Crippen molar-refractivity contribution in [3.8, 4) is 11.5 Å². The fourth-order valence-electron chi connectivity index (χ4n) is 4.20. The SMILES string of the molecule is CCC(=C\c1[se]c2ccc(OC)cc2[n+]1CC)/C=C1/Sc2cc(OC)c(C)cc2N1CCC(=O)O. The van der Waals surface area contributed by atoms with E-state index in [4.69, 9.17) is 9.47 Å². The zero-order chi connectivity index (χ0) is 25.1. The van der Waals surface area contributed by atoms with Crippen LogP contribution in [-0.4, -0.2) is 46.3 Å². The summed E-state index contributed by atoms with van der Waals surface area (Å²) in [5.74, 6) is 0.925.